The van der Waals surface area contributed by atoms with Crippen molar-refractivity contribution in [1.82, 2.24) is 20.3 Å². The van der Waals surface area contributed by atoms with Gasteiger partial charge in [0.05, 0.1) is 18.8 Å². The van der Waals surface area contributed by atoms with Crippen LogP contribution in [0, 0.1) is 5.92 Å². The highest BCUT2D eigenvalue weighted by Crippen LogP contribution is 2.29. The Morgan fingerprint density at radius 2 is 2.03 bits per heavy atom. The Balaban J connectivity index is 0.00000420. The fourth-order valence-electron chi connectivity index (χ4n) is 3.28. The number of nitrogens with zero attached hydrogens (tertiary/aromatic N) is 2. The zero-order chi connectivity index (χ0) is 20.4. The van der Waals surface area contributed by atoms with Crippen molar-refractivity contribution in [2.24, 2.45) is 10.9 Å². The van der Waals surface area contributed by atoms with Crippen LogP contribution in [0.5, 0.6) is 0 Å². The Morgan fingerprint density at radius 3 is 2.62 bits per heavy atom. The number of hydrogen-bond donors (Lipinski definition) is 3. The fraction of sp³-hybridized carbons (Fsp3) is 0.737. The third-order valence-corrected chi connectivity index (χ3v) is 6.61. The lowest BCUT2D eigenvalue weighted by Gasteiger charge is -2.35. The minimum atomic E-state index is -3.13. The van der Waals surface area contributed by atoms with Gasteiger partial charge in [0.2, 0.25) is 10.0 Å². The highest BCUT2D eigenvalue weighted by molar-refractivity contribution is 14.0. The number of likely N-dealkylation sites (tertiary alicyclic amines) is 1. The Kier molecular flexibility index (Phi) is 12.7. The number of hydrogen-bond acceptors (Lipinski definition) is 5. The molecule has 10 heteroatoms. The predicted octanol–water partition coefficient (Wildman–Crippen LogP) is 2.63. The number of rotatable bonds is 10. The Bertz CT molecular complexity index is 689. The number of guanidine groups is 1. The van der Waals surface area contributed by atoms with Gasteiger partial charge in [0.15, 0.2) is 5.96 Å². The van der Waals surface area contributed by atoms with Crippen molar-refractivity contribution in [3.63, 3.8) is 0 Å². The Morgan fingerprint density at radius 1 is 1.31 bits per heavy atom. The number of thiophene rings is 1. The maximum atomic E-state index is 11.1. The summed E-state index contributed by atoms with van der Waals surface area (Å²) in [5.41, 5.74) is 0. The average molecular weight is 558 g/mol. The summed E-state index contributed by atoms with van der Waals surface area (Å²) >= 11 is 1.80. The zero-order valence-electron chi connectivity index (χ0n) is 17.7. The molecule has 0 saturated carbocycles. The molecule has 0 amide bonds. The van der Waals surface area contributed by atoms with E-state index in [4.69, 9.17) is 4.99 Å². The van der Waals surface area contributed by atoms with Gasteiger partial charge in [0.25, 0.3) is 0 Å². The van der Waals surface area contributed by atoms with Gasteiger partial charge in [-0.2, -0.15) is 0 Å². The minimum absolute atomic E-state index is 0. The average Bonchev–Trinajstić information content (AvgIpc) is 3.16. The van der Waals surface area contributed by atoms with Gasteiger partial charge < -0.3 is 10.6 Å². The van der Waals surface area contributed by atoms with Crippen LogP contribution in [0.4, 0.5) is 0 Å². The molecule has 1 atom stereocenters. The second-order valence-electron chi connectivity index (χ2n) is 7.42. The van der Waals surface area contributed by atoms with Crippen molar-refractivity contribution in [2.45, 2.75) is 39.2 Å². The van der Waals surface area contributed by atoms with Crippen LogP contribution in [-0.4, -0.2) is 64.8 Å². The lowest BCUT2D eigenvalue weighted by molar-refractivity contribution is 0.143. The summed E-state index contributed by atoms with van der Waals surface area (Å²) in [4.78, 5) is 8.76. The standard InChI is InChI=1S/C19H35N5O2S2.HI/c1-4-20-19(21-10-6-11-23-28(3,25)26)22-15-17(18-7-5-14-27-18)24-12-8-16(2)9-13-24;/h5,7,14,16-17,23H,4,6,8-13,15H2,1-3H3,(H2,20,21,22);1H. The summed E-state index contributed by atoms with van der Waals surface area (Å²) in [6.07, 6.45) is 4.38. The molecule has 7 nitrogen and oxygen atoms in total. The monoisotopic (exact) mass is 557 g/mol. The van der Waals surface area contributed by atoms with E-state index in [1.54, 1.807) is 11.3 Å². The van der Waals surface area contributed by atoms with E-state index in [0.29, 0.717) is 32.1 Å². The molecular formula is C19H36IN5O2S2. The van der Waals surface area contributed by atoms with Crippen LogP contribution in [0.3, 0.4) is 0 Å². The highest BCUT2D eigenvalue weighted by Gasteiger charge is 2.25. The molecule has 2 rings (SSSR count). The smallest absolute Gasteiger partial charge is 0.208 e. The SMILES string of the molecule is CCNC(=NCC(c1cccs1)N1CCC(C)CC1)NCCCNS(C)(=O)=O.I. The van der Waals surface area contributed by atoms with Gasteiger partial charge in [0.1, 0.15) is 0 Å². The van der Waals surface area contributed by atoms with Crippen molar-refractivity contribution in [3.8, 4) is 0 Å². The van der Waals surface area contributed by atoms with Gasteiger partial charge in [-0.3, -0.25) is 9.89 Å². The molecule has 2 heterocycles. The van der Waals surface area contributed by atoms with E-state index in [2.05, 4.69) is 44.7 Å². The molecule has 1 aromatic heterocycles. The number of sulfonamides is 1. The first-order chi connectivity index (χ1) is 13.4. The second-order valence-corrected chi connectivity index (χ2v) is 10.2. The molecule has 29 heavy (non-hydrogen) atoms. The van der Waals surface area contributed by atoms with Crippen LogP contribution in [0.25, 0.3) is 0 Å². The summed E-state index contributed by atoms with van der Waals surface area (Å²) in [5.74, 6) is 1.59. The summed E-state index contributed by atoms with van der Waals surface area (Å²) < 4.78 is 24.7. The first kappa shape index (κ1) is 26.6. The van der Waals surface area contributed by atoms with Crippen LogP contribution < -0.4 is 15.4 Å². The lowest BCUT2D eigenvalue weighted by Crippen LogP contribution is -2.40. The maximum absolute atomic E-state index is 11.1. The minimum Gasteiger partial charge on any atom is -0.357 e. The van der Waals surface area contributed by atoms with Crippen molar-refractivity contribution in [1.29, 1.82) is 0 Å². The van der Waals surface area contributed by atoms with Gasteiger partial charge in [0, 0.05) is 24.5 Å². The van der Waals surface area contributed by atoms with E-state index >= 15 is 0 Å². The highest BCUT2D eigenvalue weighted by atomic mass is 127. The molecule has 0 aromatic carbocycles. The first-order valence-electron chi connectivity index (χ1n) is 10.1. The number of nitrogens with one attached hydrogen (secondary N) is 3. The van der Waals surface area contributed by atoms with Crippen LogP contribution in [-0.2, 0) is 10.0 Å². The van der Waals surface area contributed by atoms with E-state index in [-0.39, 0.29) is 24.0 Å². The van der Waals surface area contributed by atoms with Crippen LogP contribution in [0.15, 0.2) is 22.5 Å². The number of piperidine rings is 1. The van der Waals surface area contributed by atoms with Crippen LogP contribution >= 0.6 is 35.3 Å². The van der Waals surface area contributed by atoms with Crippen molar-refractivity contribution < 1.29 is 8.42 Å². The van der Waals surface area contributed by atoms with Gasteiger partial charge >= 0.3 is 0 Å². The van der Waals surface area contributed by atoms with Crippen molar-refractivity contribution in [3.05, 3.63) is 22.4 Å². The Labute approximate surface area is 197 Å². The second kappa shape index (κ2) is 13.8. The third-order valence-electron chi connectivity index (χ3n) is 4.91. The summed E-state index contributed by atoms with van der Waals surface area (Å²) in [6, 6.07) is 4.64. The van der Waals surface area contributed by atoms with Gasteiger partial charge in [-0.1, -0.05) is 13.0 Å². The predicted molar refractivity (Wildman–Crippen MR) is 134 cm³/mol. The lowest BCUT2D eigenvalue weighted by atomic mass is 9.97. The van der Waals surface area contributed by atoms with E-state index < -0.39 is 10.0 Å². The largest absolute Gasteiger partial charge is 0.357 e. The zero-order valence-corrected chi connectivity index (χ0v) is 21.6. The molecule has 1 aliphatic heterocycles. The first-order valence-corrected chi connectivity index (χ1v) is 12.9. The van der Waals surface area contributed by atoms with Crippen LogP contribution in [0.1, 0.15) is 44.0 Å². The van der Waals surface area contributed by atoms with Gasteiger partial charge in [-0.15, -0.1) is 35.3 Å². The van der Waals surface area contributed by atoms with E-state index in [1.807, 2.05) is 6.92 Å². The maximum Gasteiger partial charge on any atom is 0.208 e. The quantitative estimate of drug-likeness (QED) is 0.178. The molecule has 1 fully saturated rings. The molecule has 1 saturated heterocycles. The van der Waals surface area contributed by atoms with E-state index in [9.17, 15) is 8.42 Å². The van der Waals surface area contributed by atoms with Crippen LogP contribution in [0.2, 0.25) is 0 Å². The van der Waals surface area contributed by atoms with Crippen molar-refractivity contribution in [2.75, 3.05) is 45.5 Å². The number of aliphatic imine (C=N–C) groups is 1. The molecule has 1 aliphatic rings. The molecule has 0 radical (unpaired) electrons. The number of halogens is 1. The van der Waals surface area contributed by atoms with Crippen molar-refractivity contribution >= 4 is 51.3 Å². The molecule has 0 aliphatic carbocycles. The van der Waals surface area contributed by atoms with Gasteiger partial charge in [-0.05, 0) is 56.6 Å². The topological polar surface area (TPSA) is 85.8 Å². The molecule has 0 bridgehead atoms. The van der Waals surface area contributed by atoms with E-state index in [1.165, 1.54) is 24.0 Å². The normalized spacial score (nSPS) is 17.6. The molecule has 1 unspecified atom stereocenters. The summed E-state index contributed by atoms with van der Waals surface area (Å²) in [5, 5.41) is 8.73. The summed E-state index contributed by atoms with van der Waals surface area (Å²) in [6.45, 7) is 9.23. The third kappa shape index (κ3) is 10.4. The molecule has 1 aromatic rings. The molecule has 3 N–H and O–H groups in total. The Hall–Kier alpha value is -0.430. The summed E-state index contributed by atoms with van der Waals surface area (Å²) in [7, 11) is -3.13. The molecule has 168 valence electrons. The molecule has 0 spiro atoms. The van der Waals surface area contributed by atoms with E-state index in [0.717, 1.165) is 31.5 Å². The van der Waals surface area contributed by atoms with Gasteiger partial charge in [-0.25, -0.2) is 13.1 Å². The fourth-order valence-corrected chi connectivity index (χ4v) is 4.65. The molecular weight excluding hydrogens is 521 g/mol.